The number of carbonyl (C=O) groups is 3. The van der Waals surface area contributed by atoms with Gasteiger partial charge in [0.2, 0.25) is 5.91 Å². The fraction of sp³-hybridized carbons (Fsp3) is 0.438. The van der Waals surface area contributed by atoms with Crippen molar-refractivity contribution >= 4 is 25.0 Å². The molecule has 1 aliphatic rings. The van der Waals surface area contributed by atoms with E-state index in [0.29, 0.717) is 0 Å². The Hall–Kier alpha value is -2.83. The summed E-state index contributed by atoms with van der Waals surface area (Å²) in [5.74, 6) is -3.99. The predicted octanol–water partition coefficient (Wildman–Crippen LogP) is -1.50. The number of aryl methyl sites for hydroxylation is 1. The number of hydrogen-bond acceptors (Lipinski definition) is 8. The Morgan fingerprint density at radius 1 is 1.25 bits per heavy atom. The fourth-order valence-corrected chi connectivity index (χ4v) is 2.95. The van der Waals surface area contributed by atoms with E-state index < -0.39 is 48.4 Å². The lowest BCUT2D eigenvalue weighted by Crippen LogP contribution is -2.60. The number of benzene rings is 1. The van der Waals surface area contributed by atoms with Gasteiger partial charge in [-0.3, -0.25) is 14.5 Å². The summed E-state index contributed by atoms with van der Waals surface area (Å²) in [7, 11) is -1.59. The smallest absolute Gasteiger partial charge is 0.451 e. The van der Waals surface area contributed by atoms with Crippen molar-refractivity contribution in [1.82, 2.24) is 4.90 Å². The molecule has 1 amide bonds. The first-order chi connectivity index (χ1) is 13.1. The summed E-state index contributed by atoms with van der Waals surface area (Å²) in [6.07, 6.45) is -0.915. The second-order valence-corrected chi connectivity index (χ2v) is 6.49. The van der Waals surface area contributed by atoms with Crippen molar-refractivity contribution < 1.29 is 44.5 Å². The van der Waals surface area contributed by atoms with Gasteiger partial charge < -0.3 is 35.8 Å². The van der Waals surface area contributed by atoms with E-state index in [0.717, 1.165) is 0 Å². The minimum absolute atomic E-state index is 0.0503. The summed E-state index contributed by atoms with van der Waals surface area (Å²) in [5, 5.41) is 46.6. The second-order valence-electron chi connectivity index (χ2n) is 6.49. The zero-order valence-electron chi connectivity index (χ0n) is 14.8. The van der Waals surface area contributed by atoms with Crippen LogP contribution in [0.4, 0.5) is 0 Å². The highest BCUT2D eigenvalue weighted by Gasteiger charge is 2.39. The highest BCUT2D eigenvalue weighted by atomic mass is 16.5. The van der Waals surface area contributed by atoms with Gasteiger partial charge in [-0.25, -0.2) is 4.79 Å². The number of amides is 1. The number of primary amides is 1. The lowest BCUT2D eigenvalue weighted by molar-refractivity contribution is -0.149. The van der Waals surface area contributed by atoms with Crippen LogP contribution in [-0.4, -0.2) is 80.5 Å². The van der Waals surface area contributed by atoms with Crippen molar-refractivity contribution in [3.8, 4) is 11.5 Å². The van der Waals surface area contributed by atoms with Gasteiger partial charge in [-0.1, -0.05) is 6.07 Å². The van der Waals surface area contributed by atoms with Crippen LogP contribution in [0.3, 0.4) is 0 Å². The standard InChI is InChI=1S/C16H21BN2O9/c18-12(20)5-10(15(22)23)19-6-9(7-19)28-11-2-1-8(3-4-17(26)27)14(21)13(11)16(24)25/h1-2,9-10,21,26-27H,3-7H2,(H2,18,20)(H,22,23)(H,24,25). The Morgan fingerprint density at radius 3 is 2.39 bits per heavy atom. The molecule has 1 fully saturated rings. The molecule has 12 heteroatoms. The van der Waals surface area contributed by atoms with Crippen molar-refractivity contribution in [2.45, 2.75) is 31.3 Å². The molecule has 152 valence electrons. The van der Waals surface area contributed by atoms with Gasteiger partial charge in [0, 0.05) is 13.1 Å². The number of aliphatic carboxylic acids is 1. The number of aromatic hydroxyl groups is 1. The van der Waals surface area contributed by atoms with Crippen LogP contribution < -0.4 is 10.5 Å². The first-order valence-electron chi connectivity index (χ1n) is 8.46. The number of aromatic carboxylic acids is 1. The molecule has 11 nitrogen and oxygen atoms in total. The molecule has 1 heterocycles. The van der Waals surface area contributed by atoms with Crippen LogP contribution in [0.1, 0.15) is 22.3 Å². The van der Waals surface area contributed by atoms with E-state index >= 15 is 0 Å². The lowest BCUT2D eigenvalue weighted by Gasteiger charge is -2.42. The zero-order chi connectivity index (χ0) is 21.0. The number of carboxylic acids is 2. The molecule has 28 heavy (non-hydrogen) atoms. The average molecular weight is 396 g/mol. The van der Waals surface area contributed by atoms with Crippen LogP contribution in [0.25, 0.3) is 0 Å². The minimum atomic E-state index is -1.59. The third kappa shape index (κ3) is 5.12. The molecule has 0 aromatic heterocycles. The number of hydrogen-bond donors (Lipinski definition) is 6. The van der Waals surface area contributed by atoms with E-state index in [2.05, 4.69) is 0 Å². The molecule has 0 radical (unpaired) electrons. The molecule has 0 aliphatic carbocycles. The number of ether oxygens (including phenoxy) is 1. The Balaban J connectivity index is 2.09. The van der Waals surface area contributed by atoms with E-state index in [-0.39, 0.29) is 43.6 Å². The topological polar surface area (TPSA) is 191 Å². The van der Waals surface area contributed by atoms with Crippen LogP contribution in [0.2, 0.25) is 6.32 Å². The van der Waals surface area contributed by atoms with Gasteiger partial charge in [0.25, 0.3) is 0 Å². The summed E-state index contributed by atoms with van der Waals surface area (Å²) in [6, 6.07) is 1.68. The van der Waals surface area contributed by atoms with E-state index in [9.17, 15) is 29.7 Å². The summed E-state index contributed by atoms with van der Waals surface area (Å²) >= 11 is 0. The van der Waals surface area contributed by atoms with Gasteiger partial charge in [0.05, 0.1) is 6.42 Å². The fourth-order valence-electron chi connectivity index (χ4n) is 2.95. The van der Waals surface area contributed by atoms with Crippen LogP contribution >= 0.6 is 0 Å². The first-order valence-corrected chi connectivity index (χ1v) is 8.46. The predicted molar refractivity (Wildman–Crippen MR) is 95.0 cm³/mol. The number of nitrogens with two attached hydrogens (primary N) is 1. The maximum atomic E-state index is 11.5. The molecule has 7 N–H and O–H groups in total. The van der Waals surface area contributed by atoms with Gasteiger partial charge in [0.1, 0.15) is 29.2 Å². The third-order valence-corrected chi connectivity index (χ3v) is 4.40. The molecule has 1 aliphatic heterocycles. The van der Waals surface area contributed by atoms with E-state index in [1.54, 1.807) is 0 Å². The minimum Gasteiger partial charge on any atom is -0.507 e. The molecular formula is C16H21BN2O9. The van der Waals surface area contributed by atoms with Crippen LogP contribution in [-0.2, 0) is 16.0 Å². The quantitative estimate of drug-likeness (QED) is 0.254. The van der Waals surface area contributed by atoms with Crippen molar-refractivity contribution in [3.63, 3.8) is 0 Å². The number of carbonyl (C=O) groups excluding carboxylic acids is 1. The molecule has 0 bridgehead atoms. The van der Waals surface area contributed by atoms with Crippen molar-refractivity contribution in [2.75, 3.05) is 13.1 Å². The number of phenols is 1. The van der Waals surface area contributed by atoms with E-state index in [1.165, 1.54) is 17.0 Å². The number of likely N-dealkylation sites (tertiary alicyclic amines) is 1. The monoisotopic (exact) mass is 396 g/mol. The number of rotatable bonds is 10. The van der Waals surface area contributed by atoms with Crippen LogP contribution in [0, 0.1) is 0 Å². The van der Waals surface area contributed by atoms with Gasteiger partial charge in [-0.15, -0.1) is 0 Å². The van der Waals surface area contributed by atoms with Gasteiger partial charge >= 0.3 is 19.1 Å². The largest absolute Gasteiger partial charge is 0.507 e. The average Bonchev–Trinajstić information content (AvgIpc) is 2.54. The summed E-state index contributed by atoms with van der Waals surface area (Å²) in [6.45, 7) is 0.283. The third-order valence-electron chi connectivity index (χ3n) is 4.40. The summed E-state index contributed by atoms with van der Waals surface area (Å²) < 4.78 is 5.58. The first kappa shape index (κ1) is 21.5. The second kappa shape index (κ2) is 8.91. The molecular weight excluding hydrogens is 375 g/mol. The maximum absolute atomic E-state index is 11.5. The molecule has 1 aromatic carbocycles. The zero-order valence-corrected chi connectivity index (χ0v) is 14.8. The van der Waals surface area contributed by atoms with Crippen LogP contribution in [0.15, 0.2) is 12.1 Å². The Kier molecular flexibility index (Phi) is 6.83. The summed E-state index contributed by atoms with van der Waals surface area (Å²) in [5.41, 5.74) is 4.81. The molecule has 1 unspecified atom stereocenters. The molecule has 0 saturated carbocycles. The Labute approximate surface area is 160 Å². The number of nitrogens with zero attached hydrogens (tertiary/aromatic N) is 1. The lowest BCUT2D eigenvalue weighted by atomic mass is 9.82. The SMILES string of the molecule is NC(=O)CC(C(=O)O)N1CC(Oc2ccc(CCB(O)O)c(O)c2C(=O)O)C1. The van der Waals surface area contributed by atoms with Crippen molar-refractivity contribution in [3.05, 3.63) is 23.3 Å². The van der Waals surface area contributed by atoms with E-state index in [4.69, 9.17) is 20.5 Å². The molecule has 1 saturated heterocycles. The van der Waals surface area contributed by atoms with Gasteiger partial charge in [-0.2, -0.15) is 0 Å². The van der Waals surface area contributed by atoms with Crippen molar-refractivity contribution in [1.29, 1.82) is 0 Å². The number of carboxylic acid groups (broad SMARTS) is 2. The Bertz CT molecular complexity index is 765. The van der Waals surface area contributed by atoms with Crippen molar-refractivity contribution in [2.24, 2.45) is 5.73 Å². The molecule has 1 aromatic rings. The Morgan fingerprint density at radius 2 is 1.89 bits per heavy atom. The molecule has 0 spiro atoms. The molecule has 1 atom stereocenters. The van der Waals surface area contributed by atoms with Gasteiger partial charge in [0.15, 0.2) is 0 Å². The van der Waals surface area contributed by atoms with Crippen LogP contribution in [0.5, 0.6) is 11.5 Å². The van der Waals surface area contributed by atoms with E-state index in [1.807, 2.05) is 0 Å². The highest BCUT2D eigenvalue weighted by molar-refractivity contribution is 6.41. The maximum Gasteiger partial charge on any atom is 0.451 e. The highest BCUT2D eigenvalue weighted by Crippen LogP contribution is 2.34. The molecule has 2 rings (SSSR count). The van der Waals surface area contributed by atoms with Gasteiger partial charge in [-0.05, 0) is 24.4 Å². The normalized spacial score (nSPS) is 15.5. The summed E-state index contributed by atoms with van der Waals surface area (Å²) in [4.78, 5) is 35.2.